The van der Waals surface area contributed by atoms with Crippen LogP contribution in [-0.4, -0.2) is 42.4 Å². The Morgan fingerprint density at radius 3 is 2.42 bits per heavy atom. The SMILES string of the molecule is COC(=O)C(C)C(=O)Nc1ccc(Cn2cc(CNS(=O)(=O)c3ccc(I)cc3)nn2)cc1. The number of rotatable bonds is 9. The maximum Gasteiger partial charge on any atom is 0.317 e. The Morgan fingerprint density at radius 2 is 1.79 bits per heavy atom. The highest BCUT2D eigenvalue weighted by molar-refractivity contribution is 14.1. The molecule has 1 amide bonds. The number of carbonyl (C=O) groups is 2. The second-order valence-corrected chi connectivity index (χ2v) is 10.1. The Balaban J connectivity index is 1.55. The van der Waals surface area contributed by atoms with Crippen LogP contribution < -0.4 is 10.0 Å². The molecule has 0 aliphatic rings. The van der Waals surface area contributed by atoms with E-state index in [1.165, 1.54) is 14.0 Å². The number of esters is 1. The summed E-state index contributed by atoms with van der Waals surface area (Å²) in [7, 11) is -2.42. The summed E-state index contributed by atoms with van der Waals surface area (Å²) >= 11 is 2.11. The summed E-state index contributed by atoms with van der Waals surface area (Å²) in [6.45, 7) is 1.89. The predicted molar refractivity (Wildman–Crippen MR) is 129 cm³/mol. The Bertz CT molecular complexity index is 1230. The van der Waals surface area contributed by atoms with Crippen LogP contribution in [0.4, 0.5) is 5.69 Å². The van der Waals surface area contributed by atoms with Gasteiger partial charge in [0, 0.05) is 9.26 Å². The van der Waals surface area contributed by atoms with Gasteiger partial charge in [0.2, 0.25) is 15.9 Å². The smallest absolute Gasteiger partial charge is 0.317 e. The van der Waals surface area contributed by atoms with Crippen LogP contribution >= 0.6 is 22.6 Å². The van der Waals surface area contributed by atoms with Crippen molar-refractivity contribution in [3.63, 3.8) is 0 Å². The van der Waals surface area contributed by atoms with Crippen molar-refractivity contribution >= 4 is 50.2 Å². The van der Waals surface area contributed by atoms with Gasteiger partial charge in [0.1, 0.15) is 5.92 Å². The highest BCUT2D eigenvalue weighted by Gasteiger charge is 2.22. The molecule has 0 aliphatic carbocycles. The number of amides is 1. The average molecular weight is 583 g/mol. The Labute approximate surface area is 204 Å². The zero-order valence-electron chi connectivity index (χ0n) is 17.9. The van der Waals surface area contributed by atoms with Crippen LogP contribution in [0.25, 0.3) is 0 Å². The van der Waals surface area contributed by atoms with E-state index in [1.54, 1.807) is 59.4 Å². The summed E-state index contributed by atoms with van der Waals surface area (Å²) < 4.78 is 34.4. The number of benzene rings is 2. The zero-order valence-corrected chi connectivity index (χ0v) is 20.8. The number of nitrogens with zero attached hydrogens (tertiary/aromatic N) is 3. The molecule has 0 bridgehead atoms. The second kappa shape index (κ2) is 10.9. The van der Waals surface area contributed by atoms with Crippen molar-refractivity contribution in [2.75, 3.05) is 12.4 Å². The molecule has 1 unspecified atom stereocenters. The van der Waals surface area contributed by atoms with Crippen LogP contribution in [0.1, 0.15) is 18.2 Å². The van der Waals surface area contributed by atoms with Gasteiger partial charge in [-0.1, -0.05) is 17.3 Å². The van der Waals surface area contributed by atoms with E-state index in [4.69, 9.17) is 0 Å². The predicted octanol–water partition coefficient (Wildman–Crippen LogP) is 2.16. The summed E-state index contributed by atoms with van der Waals surface area (Å²) in [5.41, 5.74) is 1.92. The standard InChI is InChI=1S/C21H22IN5O5S/c1-14(21(29)32-2)20(28)24-17-7-3-15(4-8-17)12-27-13-18(25-26-27)11-23-33(30,31)19-9-5-16(22)6-10-19/h3-10,13-14,23H,11-12H2,1-2H3,(H,24,28). The molecule has 3 aromatic rings. The first-order valence-electron chi connectivity index (χ1n) is 9.80. The van der Waals surface area contributed by atoms with E-state index in [9.17, 15) is 18.0 Å². The van der Waals surface area contributed by atoms with E-state index in [0.29, 0.717) is 17.9 Å². The van der Waals surface area contributed by atoms with Crippen molar-refractivity contribution in [3.8, 4) is 0 Å². The molecule has 174 valence electrons. The van der Waals surface area contributed by atoms with E-state index in [-0.39, 0.29) is 11.4 Å². The third kappa shape index (κ3) is 6.82. The van der Waals surface area contributed by atoms with E-state index in [2.05, 4.69) is 47.7 Å². The number of nitrogens with one attached hydrogen (secondary N) is 2. The van der Waals surface area contributed by atoms with Crippen molar-refractivity contribution in [2.24, 2.45) is 5.92 Å². The lowest BCUT2D eigenvalue weighted by Gasteiger charge is -2.10. The van der Waals surface area contributed by atoms with Crippen molar-refractivity contribution < 1.29 is 22.7 Å². The van der Waals surface area contributed by atoms with Gasteiger partial charge in [-0.15, -0.1) is 5.10 Å². The molecule has 1 heterocycles. The minimum atomic E-state index is -3.65. The van der Waals surface area contributed by atoms with Gasteiger partial charge in [0.25, 0.3) is 0 Å². The van der Waals surface area contributed by atoms with Gasteiger partial charge in [-0.2, -0.15) is 0 Å². The molecule has 33 heavy (non-hydrogen) atoms. The summed E-state index contributed by atoms with van der Waals surface area (Å²) in [4.78, 5) is 23.7. The summed E-state index contributed by atoms with van der Waals surface area (Å²) in [5, 5.41) is 10.7. The number of ether oxygens (including phenoxy) is 1. The number of sulfonamides is 1. The van der Waals surface area contributed by atoms with Crippen molar-refractivity contribution in [1.29, 1.82) is 0 Å². The molecule has 0 aliphatic heterocycles. The fourth-order valence-electron chi connectivity index (χ4n) is 2.78. The topological polar surface area (TPSA) is 132 Å². The maximum absolute atomic E-state index is 12.4. The first-order valence-corrected chi connectivity index (χ1v) is 12.4. The van der Waals surface area contributed by atoms with E-state index in [1.807, 2.05) is 0 Å². The molecule has 2 N–H and O–H groups in total. The Hall–Kier alpha value is -2.84. The number of halogens is 1. The summed E-state index contributed by atoms with van der Waals surface area (Å²) in [6, 6.07) is 13.6. The lowest BCUT2D eigenvalue weighted by Crippen LogP contribution is -2.28. The van der Waals surface area contributed by atoms with Crippen LogP contribution in [0.15, 0.2) is 59.6 Å². The molecule has 0 saturated heterocycles. The van der Waals surface area contributed by atoms with Gasteiger partial charge < -0.3 is 10.1 Å². The highest BCUT2D eigenvalue weighted by atomic mass is 127. The fourth-order valence-corrected chi connectivity index (χ4v) is 4.14. The van der Waals surface area contributed by atoms with Crippen LogP contribution in [0.5, 0.6) is 0 Å². The lowest BCUT2D eigenvalue weighted by atomic mass is 10.1. The lowest BCUT2D eigenvalue weighted by molar-refractivity contribution is -0.147. The second-order valence-electron chi connectivity index (χ2n) is 7.12. The molecule has 3 rings (SSSR count). The molecule has 0 fully saturated rings. The van der Waals surface area contributed by atoms with Gasteiger partial charge in [-0.25, -0.2) is 17.8 Å². The number of carbonyl (C=O) groups excluding carboxylic acids is 2. The van der Waals surface area contributed by atoms with Crippen molar-refractivity contribution in [1.82, 2.24) is 19.7 Å². The number of hydrogen-bond acceptors (Lipinski definition) is 7. The van der Waals surface area contributed by atoms with Gasteiger partial charge in [0.15, 0.2) is 0 Å². The van der Waals surface area contributed by atoms with Crippen LogP contribution in [0, 0.1) is 9.49 Å². The molecule has 0 spiro atoms. The minimum Gasteiger partial charge on any atom is -0.468 e. The molecule has 0 saturated carbocycles. The van der Waals surface area contributed by atoms with E-state index in [0.717, 1.165) is 9.13 Å². The molecule has 1 atom stereocenters. The maximum atomic E-state index is 12.4. The quantitative estimate of drug-likeness (QED) is 0.224. The monoisotopic (exact) mass is 583 g/mol. The van der Waals surface area contributed by atoms with E-state index < -0.39 is 27.8 Å². The van der Waals surface area contributed by atoms with Crippen LogP contribution in [0.2, 0.25) is 0 Å². The third-order valence-electron chi connectivity index (χ3n) is 4.67. The van der Waals surface area contributed by atoms with Crippen LogP contribution in [-0.2, 0) is 37.4 Å². The van der Waals surface area contributed by atoms with Gasteiger partial charge in [0.05, 0.1) is 37.0 Å². The molecule has 12 heteroatoms. The first kappa shape index (κ1) is 24.8. The van der Waals surface area contributed by atoms with Gasteiger partial charge in [-0.05, 0) is 71.5 Å². The number of aromatic nitrogens is 3. The molecular formula is C21H22IN5O5S. The molecule has 0 radical (unpaired) electrons. The van der Waals surface area contributed by atoms with Crippen molar-refractivity contribution in [3.05, 3.63) is 69.6 Å². The first-order chi connectivity index (χ1) is 15.7. The molecule has 10 nitrogen and oxygen atoms in total. The molecule has 2 aromatic carbocycles. The third-order valence-corrected chi connectivity index (χ3v) is 6.80. The van der Waals surface area contributed by atoms with Gasteiger partial charge >= 0.3 is 5.97 Å². The average Bonchev–Trinajstić information content (AvgIpc) is 3.25. The number of hydrogen-bond donors (Lipinski definition) is 2. The van der Waals surface area contributed by atoms with Crippen molar-refractivity contribution in [2.45, 2.75) is 24.9 Å². The van der Waals surface area contributed by atoms with E-state index >= 15 is 0 Å². The summed E-state index contributed by atoms with van der Waals surface area (Å²) in [5.74, 6) is -1.97. The number of anilines is 1. The zero-order chi connectivity index (χ0) is 24.0. The van der Waals surface area contributed by atoms with Crippen LogP contribution in [0.3, 0.4) is 0 Å². The normalized spacial score (nSPS) is 12.2. The Morgan fingerprint density at radius 1 is 1.12 bits per heavy atom. The molecular weight excluding hydrogens is 561 g/mol. The number of methoxy groups -OCH3 is 1. The molecule has 1 aromatic heterocycles. The Kier molecular flexibility index (Phi) is 8.15. The summed E-state index contributed by atoms with van der Waals surface area (Å²) in [6.07, 6.45) is 1.66. The fraction of sp³-hybridized carbons (Fsp3) is 0.238. The minimum absolute atomic E-state index is 0.0116. The largest absolute Gasteiger partial charge is 0.468 e. The van der Waals surface area contributed by atoms with Gasteiger partial charge in [-0.3, -0.25) is 9.59 Å². The highest BCUT2D eigenvalue weighted by Crippen LogP contribution is 2.14.